The van der Waals surface area contributed by atoms with Crippen LogP contribution in [0.2, 0.25) is 0 Å². The van der Waals surface area contributed by atoms with Crippen LogP contribution < -0.4 is 19.9 Å². The number of ketones is 1. The van der Waals surface area contributed by atoms with Crippen molar-refractivity contribution in [2.45, 2.75) is 26.3 Å². The molecule has 8 heteroatoms. The van der Waals surface area contributed by atoms with E-state index in [-0.39, 0.29) is 23.8 Å². The van der Waals surface area contributed by atoms with Gasteiger partial charge < -0.3 is 24.8 Å². The van der Waals surface area contributed by atoms with E-state index in [0.29, 0.717) is 38.2 Å². The molecule has 2 saturated heterocycles. The molecule has 0 aliphatic carbocycles. The number of amides is 3. The highest BCUT2D eigenvalue weighted by molar-refractivity contribution is 5.97. The van der Waals surface area contributed by atoms with E-state index in [9.17, 15) is 14.4 Å². The van der Waals surface area contributed by atoms with E-state index in [1.807, 2.05) is 55.5 Å². The predicted molar refractivity (Wildman–Crippen MR) is 127 cm³/mol. The Bertz CT molecular complexity index is 998. The molecule has 1 unspecified atom stereocenters. The summed E-state index contributed by atoms with van der Waals surface area (Å²) >= 11 is 0. The molecule has 2 fully saturated rings. The van der Waals surface area contributed by atoms with Gasteiger partial charge in [0.1, 0.15) is 5.75 Å². The second kappa shape index (κ2) is 9.94. The van der Waals surface area contributed by atoms with E-state index in [4.69, 9.17) is 4.74 Å². The Morgan fingerprint density at radius 3 is 2.21 bits per heavy atom. The fraction of sp³-hybridized carbons (Fsp3) is 0.400. The van der Waals surface area contributed by atoms with Crippen LogP contribution in [0, 0.1) is 0 Å². The fourth-order valence-corrected chi connectivity index (χ4v) is 4.28. The predicted octanol–water partition coefficient (Wildman–Crippen LogP) is 2.93. The molecule has 0 radical (unpaired) electrons. The molecule has 1 N–H and O–H groups in total. The number of hydrogen-bond donors (Lipinski definition) is 1. The number of ether oxygens (including phenoxy) is 1. The number of urea groups is 1. The smallest absolute Gasteiger partial charge is 0.317 e. The van der Waals surface area contributed by atoms with Crippen molar-refractivity contribution in [3.63, 3.8) is 0 Å². The van der Waals surface area contributed by atoms with Crippen LogP contribution in [-0.4, -0.2) is 68.0 Å². The molecule has 2 aromatic rings. The van der Waals surface area contributed by atoms with Crippen LogP contribution in [-0.2, 0) is 4.79 Å². The van der Waals surface area contributed by atoms with Crippen molar-refractivity contribution in [1.82, 2.24) is 10.2 Å². The third-order valence-corrected chi connectivity index (χ3v) is 6.12. The first-order valence-electron chi connectivity index (χ1n) is 11.4. The normalized spacial score (nSPS) is 18.4. The van der Waals surface area contributed by atoms with Crippen molar-refractivity contribution >= 4 is 29.1 Å². The van der Waals surface area contributed by atoms with Crippen LogP contribution in [0.3, 0.4) is 0 Å². The van der Waals surface area contributed by atoms with Gasteiger partial charge in [0.05, 0.1) is 12.6 Å². The Hall–Kier alpha value is -3.55. The topological polar surface area (TPSA) is 82.2 Å². The molecule has 33 heavy (non-hydrogen) atoms. The van der Waals surface area contributed by atoms with E-state index in [0.717, 1.165) is 30.2 Å². The largest absolute Gasteiger partial charge is 0.494 e. The van der Waals surface area contributed by atoms with E-state index >= 15 is 0 Å². The lowest BCUT2D eigenvalue weighted by atomic mass is 10.1. The highest BCUT2D eigenvalue weighted by Crippen LogP contribution is 2.24. The molecular formula is C25H30N4O4. The third-order valence-electron chi connectivity index (χ3n) is 6.12. The first-order valence-corrected chi connectivity index (χ1v) is 11.4. The second-order valence-electron chi connectivity index (χ2n) is 8.36. The number of Topliss-reactive ketones (excluding diaryl/α,β-unsaturated/α-hetero) is 1. The summed E-state index contributed by atoms with van der Waals surface area (Å²) in [4.78, 5) is 42.5. The zero-order chi connectivity index (χ0) is 23.4. The maximum Gasteiger partial charge on any atom is 0.317 e. The molecule has 2 aromatic carbocycles. The number of benzene rings is 2. The van der Waals surface area contributed by atoms with E-state index in [1.165, 1.54) is 0 Å². The Morgan fingerprint density at radius 1 is 0.970 bits per heavy atom. The van der Waals surface area contributed by atoms with Crippen molar-refractivity contribution in [2.75, 3.05) is 49.1 Å². The van der Waals surface area contributed by atoms with Gasteiger partial charge in [-0.05, 0) is 62.4 Å². The first kappa shape index (κ1) is 22.6. The standard InChI is InChI=1S/C25H30N4O4/c1-3-33-23-10-8-22(9-11-23)29-17-20(16-24(29)31)26-25(32)28-14-12-27(13-15-28)21-6-4-19(5-7-21)18(2)30/h4-11,20H,3,12-17H2,1-2H3,(H,26,32). The molecule has 2 aliphatic rings. The molecule has 3 amide bonds. The highest BCUT2D eigenvalue weighted by atomic mass is 16.5. The zero-order valence-electron chi connectivity index (χ0n) is 19.1. The lowest BCUT2D eigenvalue weighted by molar-refractivity contribution is -0.117. The number of piperazine rings is 1. The van der Waals surface area contributed by atoms with Crippen LogP contribution in [0.15, 0.2) is 48.5 Å². The van der Waals surface area contributed by atoms with Crippen molar-refractivity contribution in [3.8, 4) is 5.75 Å². The Morgan fingerprint density at radius 2 is 1.61 bits per heavy atom. The summed E-state index contributed by atoms with van der Waals surface area (Å²) in [5, 5.41) is 3.03. The molecule has 174 valence electrons. The molecule has 0 aromatic heterocycles. The Kier molecular flexibility index (Phi) is 6.82. The molecule has 0 bridgehead atoms. The number of rotatable bonds is 6. The maximum atomic E-state index is 12.8. The van der Waals surface area contributed by atoms with Crippen molar-refractivity contribution in [2.24, 2.45) is 0 Å². The summed E-state index contributed by atoms with van der Waals surface area (Å²) in [6.45, 7) is 7.17. The van der Waals surface area contributed by atoms with Gasteiger partial charge in [-0.15, -0.1) is 0 Å². The number of carbonyl (C=O) groups is 3. The molecule has 0 saturated carbocycles. The van der Waals surface area contributed by atoms with Gasteiger partial charge in [-0.3, -0.25) is 9.59 Å². The molecule has 1 atom stereocenters. The minimum Gasteiger partial charge on any atom is -0.494 e. The minimum atomic E-state index is -0.214. The number of nitrogens with one attached hydrogen (secondary N) is 1. The molecule has 2 aliphatic heterocycles. The van der Waals surface area contributed by atoms with Crippen LogP contribution in [0.25, 0.3) is 0 Å². The molecular weight excluding hydrogens is 420 g/mol. The molecule has 0 spiro atoms. The average Bonchev–Trinajstić information content (AvgIpc) is 3.19. The lowest BCUT2D eigenvalue weighted by Crippen LogP contribution is -2.53. The molecule has 2 heterocycles. The van der Waals surface area contributed by atoms with E-state index in [2.05, 4.69) is 10.2 Å². The van der Waals surface area contributed by atoms with Crippen molar-refractivity contribution in [1.29, 1.82) is 0 Å². The van der Waals surface area contributed by atoms with Crippen LogP contribution in [0.4, 0.5) is 16.2 Å². The second-order valence-corrected chi connectivity index (χ2v) is 8.36. The van der Waals surface area contributed by atoms with Gasteiger partial charge in [0.2, 0.25) is 5.91 Å². The van der Waals surface area contributed by atoms with E-state index < -0.39 is 0 Å². The summed E-state index contributed by atoms with van der Waals surface area (Å²) in [6, 6.07) is 14.7. The van der Waals surface area contributed by atoms with Gasteiger partial charge in [-0.2, -0.15) is 0 Å². The number of anilines is 2. The monoisotopic (exact) mass is 450 g/mol. The zero-order valence-corrected chi connectivity index (χ0v) is 19.1. The Balaban J connectivity index is 1.27. The quantitative estimate of drug-likeness (QED) is 0.685. The van der Waals surface area contributed by atoms with Crippen LogP contribution in [0.1, 0.15) is 30.6 Å². The Labute approximate surface area is 194 Å². The van der Waals surface area contributed by atoms with Gasteiger partial charge in [0.25, 0.3) is 0 Å². The molecule has 4 rings (SSSR count). The maximum absolute atomic E-state index is 12.8. The fourth-order valence-electron chi connectivity index (χ4n) is 4.28. The van der Waals surface area contributed by atoms with Crippen LogP contribution >= 0.6 is 0 Å². The summed E-state index contributed by atoms with van der Waals surface area (Å²) in [5.74, 6) is 0.824. The lowest BCUT2D eigenvalue weighted by Gasteiger charge is -2.36. The molecule has 8 nitrogen and oxygen atoms in total. The van der Waals surface area contributed by atoms with Gasteiger partial charge in [0, 0.05) is 56.1 Å². The van der Waals surface area contributed by atoms with E-state index in [1.54, 1.807) is 16.7 Å². The van der Waals surface area contributed by atoms with Gasteiger partial charge in [-0.25, -0.2) is 4.79 Å². The third kappa shape index (κ3) is 5.27. The minimum absolute atomic E-state index is 0.00304. The first-order chi connectivity index (χ1) is 15.9. The SMILES string of the molecule is CCOc1ccc(N2CC(NC(=O)N3CCN(c4ccc(C(C)=O)cc4)CC3)CC2=O)cc1. The highest BCUT2D eigenvalue weighted by Gasteiger charge is 2.33. The van der Waals surface area contributed by atoms with Crippen molar-refractivity contribution < 1.29 is 19.1 Å². The van der Waals surface area contributed by atoms with Gasteiger partial charge >= 0.3 is 6.03 Å². The number of nitrogens with zero attached hydrogens (tertiary/aromatic N) is 3. The van der Waals surface area contributed by atoms with Crippen molar-refractivity contribution in [3.05, 3.63) is 54.1 Å². The summed E-state index contributed by atoms with van der Waals surface area (Å²) < 4.78 is 5.46. The van der Waals surface area contributed by atoms with Crippen LogP contribution in [0.5, 0.6) is 5.75 Å². The van der Waals surface area contributed by atoms with Gasteiger partial charge in [-0.1, -0.05) is 0 Å². The number of carbonyl (C=O) groups excluding carboxylic acids is 3. The van der Waals surface area contributed by atoms with Gasteiger partial charge in [0.15, 0.2) is 5.78 Å². The summed E-state index contributed by atoms with van der Waals surface area (Å²) in [6.07, 6.45) is 0.293. The number of hydrogen-bond acceptors (Lipinski definition) is 5. The summed E-state index contributed by atoms with van der Waals surface area (Å²) in [7, 11) is 0. The summed E-state index contributed by atoms with van der Waals surface area (Å²) in [5.41, 5.74) is 2.55. The average molecular weight is 451 g/mol.